The molecule has 0 saturated heterocycles. The van der Waals surface area contributed by atoms with Gasteiger partial charge in [0.2, 0.25) is 0 Å². The highest BCUT2D eigenvalue weighted by molar-refractivity contribution is 6.33. The predicted molar refractivity (Wildman–Crippen MR) is 92.7 cm³/mol. The maximum Gasteiger partial charge on any atom is 0.133 e. The molecule has 0 radical (unpaired) electrons. The summed E-state index contributed by atoms with van der Waals surface area (Å²) in [6, 6.07) is 12.1. The van der Waals surface area contributed by atoms with Crippen LogP contribution in [0.1, 0.15) is 5.56 Å². The highest BCUT2D eigenvalue weighted by atomic mass is 35.5. The summed E-state index contributed by atoms with van der Waals surface area (Å²) in [5, 5.41) is 8.46. The summed E-state index contributed by atoms with van der Waals surface area (Å²) in [5.74, 6) is 1.39. The van der Waals surface area contributed by atoms with Crippen LogP contribution in [0.15, 0.2) is 42.5 Å². The molecule has 3 aromatic rings. The molecule has 1 aliphatic heterocycles. The van der Waals surface area contributed by atoms with E-state index < -0.39 is 0 Å². The summed E-state index contributed by atoms with van der Waals surface area (Å²) in [6.45, 7) is 0.842. The van der Waals surface area contributed by atoms with Crippen molar-refractivity contribution in [1.82, 2.24) is 9.78 Å². The van der Waals surface area contributed by atoms with Crippen molar-refractivity contribution in [2.24, 2.45) is 0 Å². The summed E-state index contributed by atoms with van der Waals surface area (Å²) in [6.07, 6.45) is 0.856. The Balaban J connectivity index is 1.85. The largest absolute Gasteiger partial charge is 0.497 e. The van der Waals surface area contributed by atoms with Crippen LogP contribution < -0.4 is 10.1 Å². The van der Waals surface area contributed by atoms with Crippen LogP contribution in [0.5, 0.6) is 5.75 Å². The standard InChI is InChI=1S/C18H15ClFN3O/c1-24-13-5-3-12(4-6-13)23-18-15(8-9-21-18)17(22-23)14-7-2-11(20)10-16(14)19/h2-7,10,21H,8-9H2,1H3. The minimum Gasteiger partial charge on any atom is -0.497 e. The van der Waals surface area contributed by atoms with Crippen LogP contribution in [0.3, 0.4) is 0 Å². The number of anilines is 1. The Kier molecular flexibility index (Phi) is 3.65. The smallest absolute Gasteiger partial charge is 0.133 e. The third kappa shape index (κ3) is 2.41. The number of nitrogens with one attached hydrogen (secondary N) is 1. The topological polar surface area (TPSA) is 39.1 Å². The molecule has 1 N–H and O–H groups in total. The minimum atomic E-state index is -0.354. The number of fused-ring (bicyclic) bond motifs is 1. The number of halogens is 2. The van der Waals surface area contributed by atoms with Crippen molar-refractivity contribution < 1.29 is 9.13 Å². The number of hydrogen-bond acceptors (Lipinski definition) is 3. The van der Waals surface area contributed by atoms with Crippen molar-refractivity contribution >= 4 is 17.4 Å². The van der Waals surface area contributed by atoms with Crippen LogP contribution in [0.4, 0.5) is 10.2 Å². The lowest BCUT2D eigenvalue weighted by Crippen LogP contribution is -2.04. The lowest BCUT2D eigenvalue weighted by Gasteiger charge is -2.07. The SMILES string of the molecule is COc1ccc(-n2nc(-c3ccc(F)cc3Cl)c3c2NCC3)cc1. The van der Waals surface area contributed by atoms with E-state index in [1.54, 1.807) is 13.2 Å². The second kappa shape index (κ2) is 5.83. The van der Waals surface area contributed by atoms with Crippen molar-refractivity contribution in [1.29, 1.82) is 0 Å². The monoisotopic (exact) mass is 343 g/mol. The maximum absolute atomic E-state index is 13.3. The molecule has 0 atom stereocenters. The zero-order valence-electron chi connectivity index (χ0n) is 13.0. The van der Waals surface area contributed by atoms with Gasteiger partial charge in [-0.05, 0) is 48.9 Å². The fourth-order valence-electron chi connectivity index (χ4n) is 2.98. The quantitative estimate of drug-likeness (QED) is 0.770. The zero-order valence-corrected chi connectivity index (χ0v) is 13.8. The molecular weight excluding hydrogens is 329 g/mol. The molecule has 4 nitrogen and oxygen atoms in total. The third-order valence-electron chi connectivity index (χ3n) is 4.15. The Morgan fingerprint density at radius 3 is 2.71 bits per heavy atom. The van der Waals surface area contributed by atoms with E-state index in [0.29, 0.717) is 5.02 Å². The average molecular weight is 344 g/mol. The van der Waals surface area contributed by atoms with Crippen LogP contribution >= 0.6 is 11.6 Å². The van der Waals surface area contributed by atoms with Crippen LogP contribution in [0.2, 0.25) is 5.02 Å². The van der Waals surface area contributed by atoms with Gasteiger partial charge in [-0.15, -0.1) is 0 Å². The molecule has 2 heterocycles. The van der Waals surface area contributed by atoms with Crippen LogP contribution in [-0.2, 0) is 6.42 Å². The van der Waals surface area contributed by atoms with Crippen LogP contribution in [0.25, 0.3) is 16.9 Å². The van der Waals surface area contributed by atoms with E-state index in [4.69, 9.17) is 21.4 Å². The highest BCUT2D eigenvalue weighted by Gasteiger charge is 2.25. The fourth-order valence-corrected chi connectivity index (χ4v) is 3.24. The van der Waals surface area contributed by atoms with E-state index in [2.05, 4.69) is 5.32 Å². The molecule has 24 heavy (non-hydrogen) atoms. The Morgan fingerprint density at radius 2 is 2.00 bits per heavy atom. The fraction of sp³-hybridized carbons (Fsp3) is 0.167. The molecule has 2 aromatic carbocycles. The summed E-state index contributed by atoms with van der Waals surface area (Å²) in [4.78, 5) is 0. The van der Waals surface area contributed by atoms with Gasteiger partial charge < -0.3 is 10.1 Å². The second-order valence-corrected chi connectivity index (χ2v) is 5.99. The molecule has 0 saturated carbocycles. The molecule has 4 rings (SSSR count). The van der Waals surface area contributed by atoms with Gasteiger partial charge in [0.15, 0.2) is 0 Å². The van der Waals surface area contributed by atoms with E-state index in [9.17, 15) is 4.39 Å². The van der Waals surface area contributed by atoms with Gasteiger partial charge >= 0.3 is 0 Å². The first-order chi connectivity index (χ1) is 11.7. The first-order valence-electron chi connectivity index (χ1n) is 7.63. The first kappa shape index (κ1) is 15.0. The van der Waals surface area contributed by atoms with Gasteiger partial charge in [-0.3, -0.25) is 0 Å². The third-order valence-corrected chi connectivity index (χ3v) is 4.47. The van der Waals surface area contributed by atoms with E-state index >= 15 is 0 Å². The molecule has 122 valence electrons. The summed E-state index contributed by atoms with van der Waals surface area (Å²) in [7, 11) is 1.64. The van der Waals surface area contributed by atoms with Crippen molar-refractivity contribution in [3.63, 3.8) is 0 Å². The normalized spacial score (nSPS) is 12.8. The average Bonchev–Trinajstić information content (AvgIpc) is 3.18. The summed E-state index contributed by atoms with van der Waals surface area (Å²) < 4.78 is 20.4. The van der Waals surface area contributed by atoms with Crippen molar-refractivity contribution in [2.45, 2.75) is 6.42 Å². The highest BCUT2D eigenvalue weighted by Crippen LogP contribution is 2.37. The molecule has 1 aliphatic rings. The Bertz CT molecular complexity index is 905. The van der Waals surface area contributed by atoms with Crippen molar-refractivity contribution in [3.05, 3.63) is 58.9 Å². The number of nitrogens with zero attached hydrogens (tertiary/aromatic N) is 2. The number of rotatable bonds is 3. The molecule has 1 aromatic heterocycles. The molecule has 0 amide bonds. The molecule has 6 heteroatoms. The van der Waals surface area contributed by atoms with Gasteiger partial charge in [-0.1, -0.05) is 11.6 Å². The number of methoxy groups -OCH3 is 1. The van der Waals surface area contributed by atoms with E-state index in [1.807, 2.05) is 28.9 Å². The Morgan fingerprint density at radius 1 is 1.21 bits per heavy atom. The van der Waals surface area contributed by atoms with Crippen molar-refractivity contribution in [3.8, 4) is 22.7 Å². The lowest BCUT2D eigenvalue weighted by atomic mass is 10.1. The van der Waals surface area contributed by atoms with Crippen LogP contribution in [0, 0.1) is 5.82 Å². The van der Waals surface area contributed by atoms with E-state index in [0.717, 1.165) is 47.0 Å². The summed E-state index contributed by atoms with van der Waals surface area (Å²) in [5.41, 5.74) is 3.55. The number of ether oxygens (including phenoxy) is 1. The molecule has 0 aliphatic carbocycles. The molecule has 0 bridgehead atoms. The predicted octanol–water partition coefficient (Wildman–Crippen LogP) is 4.31. The van der Waals surface area contributed by atoms with E-state index in [1.165, 1.54) is 12.1 Å². The van der Waals surface area contributed by atoms with Gasteiger partial charge in [0.25, 0.3) is 0 Å². The Hall–Kier alpha value is -2.53. The van der Waals surface area contributed by atoms with Gasteiger partial charge in [-0.2, -0.15) is 5.10 Å². The van der Waals surface area contributed by atoms with Gasteiger partial charge in [-0.25, -0.2) is 9.07 Å². The number of aromatic nitrogens is 2. The molecule has 0 unspecified atom stereocenters. The molecule has 0 spiro atoms. The second-order valence-electron chi connectivity index (χ2n) is 5.59. The minimum absolute atomic E-state index is 0.354. The number of hydrogen-bond donors (Lipinski definition) is 1. The van der Waals surface area contributed by atoms with Gasteiger partial charge in [0, 0.05) is 17.7 Å². The molecular formula is C18H15ClFN3O. The van der Waals surface area contributed by atoms with E-state index in [-0.39, 0.29) is 5.82 Å². The summed E-state index contributed by atoms with van der Waals surface area (Å²) >= 11 is 6.23. The zero-order chi connectivity index (χ0) is 16.7. The van der Waals surface area contributed by atoms with Crippen LogP contribution in [-0.4, -0.2) is 23.4 Å². The number of benzene rings is 2. The van der Waals surface area contributed by atoms with Gasteiger partial charge in [0.05, 0.1) is 23.5 Å². The first-order valence-corrected chi connectivity index (χ1v) is 8.01. The maximum atomic E-state index is 13.3. The van der Waals surface area contributed by atoms with Gasteiger partial charge in [0.1, 0.15) is 17.4 Å². The lowest BCUT2D eigenvalue weighted by molar-refractivity contribution is 0.414. The Labute approximate surface area is 143 Å². The van der Waals surface area contributed by atoms with Crippen molar-refractivity contribution in [2.75, 3.05) is 19.0 Å². The molecule has 0 fully saturated rings.